The van der Waals surface area contributed by atoms with E-state index in [9.17, 15) is 0 Å². The van der Waals surface area contributed by atoms with Gasteiger partial charge in [-0.2, -0.15) is 0 Å². The Kier molecular flexibility index (Phi) is 13.0. The van der Waals surface area contributed by atoms with Crippen LogP contribution in [0.5, 0.6) is 0 Å². The summed E-state index contributed by atoms with van der Waals surface area (Å²) in [6.07, 6.45) is 0. The molecule has 2 aliphatic rings. The van der Waals surface area contributed by atoms with E-state index >= 15 is 0 Å². The zero-order chi connectivity index (χ0) is 50.5. The van der Waals surface area contributed by atoms with Crippen molar-refractivity contribution in [3.8, 4) is 45.2 Å². The number of hydrogen-bond donors (Lipinski definition) is 0. The van der Waals surface area contributed by atoms with Gasteiger partial charge in [0.05, 0.1) is 0 Å². The molecular weight excluding hydrogens is 873 g/mol. The fourth-order valence-electron chi connectivity index (χ4n) is 15.0. The lowest BCUT2D eigenvalue weighted by Crippen LogP contribution is -2.43. The Balaban J connectivity index is 1.52. The van der Waals surface area contributed by atoms with Gasteiger partial charge in [-0.1, -0.05) is 179 Å². The van der Waals surface area contributed by atoms with E-state index in [0.29, 0.717) is 33.2 Å². The van der Waals surface area contributed by atoms with Gasteiger partial charge in [-0.3, -0.25) is 0 Å². The molecule has 0 bridgehead atoms. The molecule has 2 heteroatoms. The minimum Gasteiger partial charge on any atom is -0.125 e. The molecule has 0 radical (unpaired) electrons. The molecule has 2 aliphatic carbocycles. The zero-order valence-electron chi connectivity index (χ0n) is 45.9. The molecule has 0 spiro atoms. The molecule has 0 fully saturated rings. The van der Waals surface area contributed by atoms with Gasteiger partial charge in [0, 0.05) is 23.0 Å². The van der Waals surface area contributed by atoms with Crippen LogP contribution in [0.2, 0.25) is 33.2 Å². The number of rotatable bonds is 8. The standard InChI is InChI=1S/C68H78Si2/c1-39(2)69(40(3)4,41(5)6)29-27-53-57-35-61-51-23-19-21-25-55(51)68(66-49(17)33-46(14)34-50(66)18)64(61)38-60(57)54(28-30-70(42(7)8,43(9)10)44(11)12)58-36-62-52-24-20-22-26-56(52)67(63(62)37-59(53)58)65-47(15)31-45(13)32-48(65)16/h19-26,31-44,67-68H,1-18H3. The Bertz CT molecular complexity index is 3060. The lowest BCUT2D eigenvalue weighted by molar-refractivity contribution is 0.838. The topological polar surface area (TPSA) is 0 Å². The van der Waals surface area contributed by atoms with Gasteiger partial charge < -0.3 is 0 Å². The Morgan fingerprint density at radius 2 is 0.629 bits per heavy atom. The smallest absolute Gasteiger partial charge is 0.125 e. The lowest BCUT2D eigenvalue weighted by Gasteiger charge is -2.38. The van der Waals surface area contributed by atoms with Crippen LogP contribution in [0.25, 0.3) is 43.8 Å². The fraction of sp³-hybridized carbons (Fsp3) is 0.382. The van der Waals surface area contributed by atoms with Crippen molar-refractivity contribution in [3.05, 3.63) is 175 Å². The fourth-order valence-corrected chi connectivity index (χ4v) is 25.4. The van der Waals surface area contributed by atoms with E-state index in [2.05, 4.69) is 245 Å². The average molecular weight is 952 g/mol. The maximum Gasteiger partial charge on any atom is 0.146 e. The van der Waals surface area contributed by atoms with Crippen LogP contribution in [-0.4, -0.2) is 16.1 Å². The van der Waals surface area contributed by atoms with Crippen LogP contribution in [0, 0.1) is 64.5 Å². The van der Waals surface area contributed by atoms with Crippen molar-refractivity contribution in [2.45, 2.75) is 170 Å². The van der Waals surface area contributed by atoms with Crippen LogP contribution in [-0.2, 0) is 0 Å². The van der Waals surface area contributed by atoms with Gasteiger partial charge in [-0.15, -0.1) is 11.1 Å². The van der Waals surface area contributed by atoms with Crippen molar-refractivity contribution in [3.63, 3.8) is 0 Å². The Morgan fingerprint density at radius 1 is 0.343 bits per heavy atom. The zero-order valence-corrected chi connectivity index (χ0v) is 47.9. The Labute approximate surface area is 425 Å². The predicted molar refractivity (Wildman–Crippen MR) is 311 cm³/mol. The van der Waals surface area contributed by atoms with Crippen molar-refractivity contribution >= 4 is 37.7 Å². The summed E-state index contributed by atoms with van der Waals surface area (Å²) < 4.78 is 0. The van der Waals surface area contributed by atoms with Crippen molar-refractivity contribution in [1.29, 1.82) is 0 Å². The normalized spacial score (nSPS) is 15.3. The third-order valence-electron chi connectivity index (χ3n) is 17.8. The molecule has 0 heterocycles. The van der Waals surface area contributed by atoms with E-state index < -0.39 is 16.1 Å². The summed E-state index contributed by atoms with van der Waals surface area (Å²) in [4.78, 5) is 0. The second-order valence-corrected chi connectivity index (χ2v) is 34.8. The number of hydrogen-bond acceptors (Lipinski definition) is 0. The summed E-state index contributed by atoms with van der Waals surface area (Å²) in [5, 5.41) is 4.99. The van der Waals surface area contributed by atoms with Crippen LogP contribution in [0.3, 0.4) is 0 Å². The van der Waals surface area contributed by atoms with Gasteiger partial charge in [-0.05, 0) is 198 Å². The van der Waals surface area contributed by atoms with Gasteiger partial charge in [-0.25, -0.2) is 0 Å². The second-order valence-electron chi connectivity index (χ2n) is 23.7. The molecule has 2 unspecified atom stereocenters. The van der Waals surface area contributed by atoms with Crippen LogP contribution in [0.4, 0.5) is 0 Å². The SMILES string of the molecule is Cc1cc(C)c(C2c3ccccc3-c3cc4c(C#C[Si](C(C)C)(C(C)C)C(C)C)c5cc6c(cc5c(C#C[Si](C(C)C)(C(C)C)C(C)C)c4cc32)-c2ccccc2C6c2c(C)cc(C)cc2C)c(C)c1. The Hall–Kier alpha value is -5.39. The summed E-state index contributed by atoms with van der Waals surface area (Å²) in [6.45, 7) is 43.1. The number of benzene rings is 7. The molecule has 2 atom stereocenters. The number of fused-ring (bicyclic) bond motifs is 8. The van der Waals surface area contributed by atoms with E-state index in [1.54, 1.807) is 0 Å². The molecule has 9 rings (SSSR count). The van der Waals surface area contributed by atoms with Crippen LogP contribution in [0.1, 0.15) is 173 Å². The molecule has 0 N–H and O–H groups in total. The molecule has 7 aromatic rings. The largest absolute Gasteiger partial charge is 0.146 e. The molecule has 0 aromatic heterocycles. The first-order valence-electron chi connectivity index (χ1n) is 26.7. The second kappa shape index (κ2) is 18.3. The molecule has 0 saturated heterocycles. The summed E-state index contributed by atoms with van der Waals surface area (Å²) in [7, 11) is -4.34. The van der Waals surface area contributed by atoms with E-state index in [0.717, 1.165) is 0 Å². The summed E-state index contributed by atoms with van der Waals surface area (Å²) in [5.74, 6) is 8.68. The minimum atomic E-state index is -2.17. The molecule has 0 nitrogen and oxygen atoms in total. The first-order chi connectivity index (χ1) is 33.1. The van der Waals surface area contributed by atoms with Crippen molar-refractivity contribution in [1.82, 2.24) is 0 Å². The highest BCUT2D eigenvalue weighted by molar-refractivity contribution is 6.91. The maximum absolute atomic E-state index is 4.31. The third kappa shape index (κ3) is 7.62. The molecule has 0 saturated carbocycles. The quantitative estimate of drug-likeness (QED) is 0.0809. The van der Waals surface area contributed by atoms with E-state index in [1.807, 2.05) is 0 Å². The highest BCUT2D eigenvalue weighted by Crippen LogP contribution is 2.55. The van der Waals surface area contributed by atoms with Crippen LogP contribution < -0.4 is 0 Å². The summed E-state index contributed by atoms with van der Waals surface area (Å²) >= 11 is 0. The lowest BCUT2D eigenvalue weighted by atomic mass is 9.81. The van der Waals surface area contributed by atoms with Gasteiger partial charge in [0.25, 0.3) is 0 Å². The molecule has 70 heavy (non-hydrogen) atoms. The average Bonchev–Trinajstić information content (AvgIpc) is 3.76. The van der Waals surface area contributed by atoms with Crippen LogP contribution >= 0.6 is 0 Å². The van der Waals surface area contributed by atoms with Gasteiger partial charge in [0.2, 0.25) is 0 Å². The number of aryl methyl sites for hydroxylation is 6. The van der Waals surface area contributed by atoms with Gasteiger partial charge in [0.1, 0.15) is 16.1 Å². The first kappa shape index (κ1) is 49.6. The molecule has 358 valence electrons. The van der Waals surface area contributed by atoms with Crippen LogP contribution in [0.15, 0.2) is 97.1 Å². The third-order valence-corrected chi connectivity index (χ3v) is 30.4. The van der Waals surface area contributed by atoms with Crippen molar-refractivity contribution in [2.75, 3.05) is 0 Å². The summed E-state index contributed by atoms with van der Waals surface area (Å²) in [6, 6.07) is 38.4. The maximum atomic E-state index is 4.31. The van der Waals surface area contributed by atoms with Gasteiger partial charge in [0.15, 0.2) is 0 Å². The predicted octanol–water partition coefficient (Wildman–Crippen LogP) is 19.3. The Morgan fingerprint density at radius 3 is 0.929 bits per heavy atom. The highest BCUT2D eigenvalue weighted by atomic mass is 28.3. The van der Waals surface area contributed by atoms with E-state index in [-0.39, 0.29) is 11.8 Å². The van der Waals surface area contributed by atoms with E-state index in [4.69, 9.17) is 0 Å². The molecular formula is C68H78Si2. The first-order valence-corrected chi connectivity index (χ1v) is 31.1. The van der Waals surface area contributed by atoms with E-state index in [1.165, 1.54) is 122 Å². The van der Waals surface area contributed by atoms with Gasteiger partial charge >= 0.3 is 0 Å². The van der Waals surface area contributed by atoms with Crippen molar-refractivity contribution < 1.29 is 0 Å². The van der Waals surface area contributed by atoms with Crippen molar-refractivity contribution in [2.24, 2.45) is 0 Å². The summed E-state index contributed by atoms with van der Waals surface area (Å²) in [5.41, 5.74) is 35.9. The minimum absolute atomic E-state index is 0.120. The molecule has 0 amide bonds. The molecule has 7 aromatic carbocycles. The highest BCUT2D eigenvalue weighted by Gasteiger charge is 2.44. The monoisotopic (exact) mass is 951 g/mol. The molecule has 0 aliphatic heterocycles.